The lowest BCUT2D eigenvalue weighted by Crippen LogP contribution is -2.07. The van der Waals surface area contributed by atoms with Gasteiger partial charge in [0.15, 0.2) is 5.78 Å². The molecule has 0 fully saturated rings. The van der Waals surface area contributed by atoms with Crippen LogP contribution < -0.4 is 4.74 Å². The molecule has 0 amide bonds. The van der Waals surface area contributed by atoms with Crippen LogP contribution in [0.4, 0.5) is 5.69 Å². The highest BCUT2D eigenvalue weighted by atomic mass is 79.9. The number of aryl methyl sites for hydroxylation is 1. The van der Waals surface area contributed by atoms with E-state index >= 15 is 0 Å². The maximum Gasteiger partial charge on any atom is 0.312 e. The summed E-state index contributed by atoms with van der Waals surface area (Å²) in [5.41, 5.74) is 0.650. The number of benzene rings is 1. The first-order valence-electron chi connectivity index (χ1n) is 5.97. The number of aromatic nitrogens is 2. The van der Waals surface area contributed by atoms with E-state index in [1.165, 1.54) is 19.1 Å². The number of nitro groups is 1. The van der Waals surface area contributed by atoms with Crippen molar-refractivity contribution in [2.75, 3.05) is 0 Å². The van der Waals surface area contributed by atoms with Crippen molar-refractivity contribution in [3.63, 3.8) is 0 Å². The van der Waals surface area contributed by atoms with Crippen LogP contribution >= 0.6 is 15.9 Å². The monoisotopic (exact) mass is 353 g/mol. The van der Waals surface area contributed by atoms with E-state index in [0.717, 1.165) is 5.69 Å². The Labute approximate surface area is 128 Å². The zero-order valence-electron chi connectivity index (χ0n) is 11.4. The van der Waals surface area contributed by atoms with Crippen LogP contribution in [0.3, 0.4) is 0 Å². The highest BCUT2D eigenvalue weighted by Gasteiger charge is 2.23. The summed E-state index contributed by atoms with van der Waals surface area (Å²) in [6.45, 7) is 1.42. The number of hydrogen-bond acceptors (Lipinski definition) is 5. The Morgan fingerprint density at radius 2 is 2.24 bits per heavy atom. The third kappa shape index (κ3) is 3.27. The first-order valence-corrected chi connectivity index (χ1v) is 6.76. The van der Waals surface area contributed by atoms with Gasteiger partial charge in [0.2, 0.25) is 5.75 Å². The topological polar surface area (TPSA) is 87.3 Å². The highest BCUT2D eigenvalue weighted by Crippen LogP contribution is 2.35. The number of ether oxygens (including phenoxy) is 1. The fraction of sp³-hybridized carbons (Fsp3) is 0.231. The molecule has 1 heterocycles. The quantitative estimate of drug-likeness (QED) is 0.468. The van der Waals surface area contributed by atoms with Crippen LogP contribution in [0.25, 0.3) is 0 Å². The van der Waals surface area contributed by atoms with Crippen molar-refractivity contribution in [3.8, 4) is 5.75 Å². The van der Waals surface area contributed by atoms with E-state index < -0.39 is 4.92 Å². The van der Waals surface area contributed by atoms with Crippen LogP contribution in [0.15, 0.2) is 29.1 Å². The number of halogens is 1. The number of rotatable bonds is 5. The molecule has 0 N–H and O–H groups in total. The van der Waals surface area contributed by atoms with E-state index in [0.29, 0.717) is 4.47 Å². The van der Waals surface area contributed by atoms with Crippen LogP contribution in [0, 0.1) is 10.1 Å². The zero-order valence-corrected chi connectivity index (χ0v) is 13.0. The lowest BCUT2D eigenvalue weighted by Gasteiger charge is -2.11. The van der Waals surface area contributed by atoms with Crippen LogP contribution in [0.5, 0.6) is 5.75 Å². The maximum atomic E-state index is 11.7. The van der Waals surface area contributed by atoms with Crippen LogP contribution in [0.2, 0.25) is 0 Å². The SMILES string of the molecule is CC(=O)c1cc(Br)cc([N+](=O)[O-])c1OCc1cncn1C. The standard InChI is InChI=1S/C13H12BrN3O4/c1-8(18)11-3-9(14)4-12(17(19)20)13(11)21-6-10-5-15-7-16(10)2/h3-5,7H,6H2,1-2H3. The third-order valence-electron chi connectivity index (χ3n) is 2.89. The summed E-state index contributed by atoms with van der Waals surface area (Å²) >= 11 is 3.16. The highest BCUT2D eigenvalue weighted by molar-refractivity contribution is 9.10. The Hall–Kier alpha value is -2.22. The molecule has 2 aromatic rings. The summed E-state index contributed by atoms with van der Waals surface area (Å²) in [5, 5.41) is 11.2. The molecule has 2 rings (SSSR count). The molecule has 0 unspecified atom stereocenters. The summed E-state index contributed by atoms with van der Waals surface area (Å²) in [6, 6.07) is 2.82. The third-order valence-corrected chi connectivity index (χ3v) is 3.35. The zero-order chi connectivity index (χ0) is 15.6. The minimum Gasteiger partial charge on any atom is -0.480 e. The normalized spacial score (nSPS) is 10.4. The number of hydrogen-bond donors (Lipinski definition) is 0. The fourth-order valence-electron chi connectivity index (χ4n) is 1.80. The van der Waals surface area contributed by atoms with E-state index in [1.807, 2.05) is 0 Å². The van der Waals surface area contributed by atoms with E-state index in [4.69, 9.17) is 4.74 Å². The molecule has 0 saturated heterocycles. The van der Waals surface area contributed by atoms with Crippen molar-refractivity contribution in [3.05, 3.63) is 50.5 Å². The number of nitrogens with zero attached hydrogens (tertiary/aromatic N) is 3. The molecule has 8 heteroatoms. The average Bonchev–Trinajstić information content (AvgIpc) is 2.81. The van der Waals surface area contributed by atoms with Crippen molar-refractivity contribution >= 4 is 27.4 Å². The molecule has 1 aromatic heterocycles. The van der Waals surface area contributed by atoms with E-state index in [-0.39, 0.29) is 29.4 Å². The van der Waals surface area contributed by atoms with Gasteiger partial charge in [0, 0.05) is 17.6 Å². The largest absolute Gasteiger partial charge is 0.480 e. The van der Waals surface area contributed by atoms with Crippen molar-refractivity contribution < 1.29 is 14.5 Å². The van der Waals surface area contributed by atoms with Crippen LogP contribution in [-0.4, -0.2) is 20.3 Å². The lowest BCUT2D eigenvalue weighted by molar-refractivity contribution is -0.386. The van der Waals surface area contributed by atoms with Crippen molar-refractivity contribution in [1.29, 1.82) is 0 Å². The van der Waals surface area contributed by atoms with Crippen LogP contribution in [-0.2, 0) is 13.7 Å². The van der Waals surface area contributed by atoms with Gasteiger partial charge >= 0.3 is 5.69 Å². The number of Topliss-reactive ketones (excluding diaryl/α,β-unsaturated/α-hetero) is 1. The summed E-state index contributed by atoms with van der Waals surface area (Å²) in [4.78, 5) is 26.2. The average molecular weight is 354 g/mol. The Balaban J connectivity index is 2.42. The summed E-state index contributed by atoms with van der Waals surface area (Å²) in [7, 11) is 1.79. The van der Waals surface area contributed by atoms with Gasteiger partial charge in [0.05, 0.1) is 28.7 Å². The Bertz CT molecular complexity index is 676. The van der Waals surface area contributed by atoms with Gasteiger partial charge in [-0.15, -0.1) is 0 Å². The van der Waals surface area contributed by atoms with Gasteiger partial charge in [0.1, 0.15) is 6.61 Å². The molecule has 0 spiro atoms. The molecular weight excluding hydrogens is 342 g/mol. The molecule has 110 valence electrons. The maximum absolute atomic E-state index is 11.7. The van der Waals surface area contributed by atoms with Gasteiger partial charge < -0.3 is 9.30 Å². The van der Waals surface area contributed by atoms with Gasteiger partial charge in [-0.25, -0.2) is 4.98 Å². The smallest absolute Gasteiger partial charge is 0.312 e. The molecular formula is C13H12BrN3O4. The van der Waals surface area contributed by atoms with Crippen LogP contribution in [0.1, 0.15) is 23.0 Å². The van der Waals surface area contributed by atoms with Gasteiger partial charge in [0.25, 0.3) is 0 Å². The van der Waals surface area contributed by atoms with Crippen molar-refractivity contribution in [1.82, 2.24) is 9.55 Å². The molecule has 0 bridgehead atoms. The second kappa shape index (κ2) is 6.04. The van der Waals surface area contributed by atoms with Gasteiger partial charge in [-0.3, -0.25) is 14.9 Å². The molecule has 0 atom stereocenters. The number of ketones is 1. The number of nitro benzene ring substituents is 1. The number of carbonyl (C=O) groups is 1. The molecule has 0 aliphatic heterocycles. The molecule has 0 aliphatic carbocycles. The molecule has 0 saturated carbocycles. The lowest BCUT2D eigenvalue weighted by atomic mass is 10.1. The first kappa shape index (κ1) is 15.2. The van der Waals surface area contributed by atoms with Gasteiger partial charge in [-0.1, -0.05) is 15.9 Å². The first-order chi connectivity index (χ1) is 9.90. The van der Waals surface area contributed by atoms with Gasteiger partial charge in [-0.05, 0) is 13.0 Å². The predicted molar refractivity (Wildman–Crippen MR) is 78.3 cm³/mol. The Morgan fingerprint density at radius 3 is 2.76 bits per heavy atom. The summed E-state index contributed by atoms with van der Waals surface area (Å²) < 4.78 is 7.71. The Morgan fingerprint density at radius 1 is 1.52 bits per heavy atom. The summed E-state index contributed by atoms with van der Waals surface area (Å²) in [5.74, 6) is -0.337. The molecule has 7 nitrogen and oxygen atoms in total. The second-order valence-electron chi connectivity index (χ2n) is 4.40. The van der Waals surface area contributed by atoms with E-state index in [9.17, 15) is 14.9 Å². The molecule has 0 aliphatic rings. The molecule has 0 radical (unpaired) electrons. The minimum absolute atomic E-state index is 0.0306. The summed E-state index contributed by atoms with van der Waals surface area (Å²) in [6.07, 6.45) is 3.19. The number of imidazole rings is 1. The second-order valence-corrected chi connectivity index (χ2v) is 5.32. The predicted octanol–water partition coefficient (Wildman–Crippen LogP) is 2.87. The Kier molecular flexibility index (Phi) is 4.37. The number of carbonyl (C=O) groups excluding carboxylic acids is 1. The van der Waals surface area contributed by atoms with E-state index in [1.54, 1.807) is 24.1 Å². The van der Waals surface area contributed by atoms with E-state index in [2.05, 4.69) is 20.9 Å². The molecule has 21 heavy (non-hydrogen) atoms. The van der Waals surface area contributed by atoms with Crippen molar-refractivity contribution in [2.24, 2.45) is 7.05 Å². The van der Waals surface area contributed by atoms with Gasteiger partial charge in [-0.2, -0.15) is 0 Å². The van der Waals surface area contributed by atoms with Crippen molar-refractivity contribution in [2.45, 2.75) is 13.5 Å². The fourth-order valence-corrected chi connectivity index (χ4v) is 2.24. The minimum atomic E-state index is -0.574. The molecule has 1 aromatic carbocycles.